The molecule has 3 heteroatoms. The summed E-state index contributed by atoms with van der Waals surface area (Å²) in [4.78, 5) is 0. The average molecular weight is 210 g/mol. The lowest BCUT2D eigenvalue weighted by atomic mass is 10.0. The quantitative estimate of drug-likeness (QED) is 0.702. The zero-order valence-corrected chi connectivity index (χ0v) is 10.0. The summed E-state index contributed by atoms with van der Waals surface area (Å²) in [7, 11) is 0. The van der Waals surface area contributed by atoms with Crippen LogP contribution in [0.3, 0.4) is 0 Å². The number of halogens is 1. The topological polar surface area (TPSA) is 32.3 Å². The lowest BCUT2D eigenvalue weighted by Crippen LogP contribution is -2.36. The Labute approximate surface area is 88.5 Å². The Kier molecular flexibility index (Phi) is 10.6. The summed E-state index contributed by atoms with van der Waals surface area (Å²) in [5.74, 6) is 1.31. The molecular weight excluding hydrogens is 186 g/mol. The fourth-order valence-corrected chi connectivity index (χ4v) is 1.19. The van der Waals surface area contributed by atoms with Gasteiger partial charge in [-0.3, -0.25) is 0 Å². The first-order valence-electron chi connectivity index (χ1n) is 4.90. The Morgan fingerprint density at radius 3 is 1.92 bits per heavy atom. The van der Waals surface area contributed by atoms with E-state index in [1.165, 1.54) is 0 Å². The number of hydrogen-bond donors (Lipinski definition) is 2. The van der Waals surface area contributed by atoms with E-state index in [0.717, 1.165) is 13.0 Å². The second-order valence-electron chi connectivity index (χ2n) is 4.31. The van der Waals surface area contributed by atoms with Crippen LogP contribution in [0.2, 0.25) is 0 Å². The van der Waals surface area contributed by atoms with Gasteiger partial charge in [0.2, 0.25) is 0 Å². The van der Waals surface area contributed by atoms with Gasteiger partial charge < -0.3 is 10.4 Å². The second-order valence-corrected chi connectivity index (χ2v) is 4.31. The van der Waals surface area contributed by atoms with Crippen molar-refractivity contribution in [2.24, 2.45) is 11.8 Å². The highest BCUT2D eigenvalue weighted by atomic mass is 35.5. The van der Waals surface area contributed by atoms with Crippen molar-refractivity contribution in [1.29, 1.82) is 0 Å². The Balaban J connectivity index is 0. The largest absolute Gasteiger partial charge is 0.395 e. The lowest BCUT2D eigenvalue weighted by Gasteiger charge is -2.19. The van der Waals surface area contributed by atoms with Crippen LogP contribution in [0.5, 0.6) is 0 Å². The zero-order valence-electron chi connectivity index (χ0n) is 9.21. The van der Waals surface area contributed by atoms with E-state index in [-0.39, 0.29) is 25.1 Å². The van der Waals surface area contributed by atoms with Crippen molar-refractivity contribution in [2.45, 2.75) is 40.2 Å². The Bertz CT molecular complexity index is 107. The molecule has 82 valence electrons. The Morgan fingerprint density at radius 2 is 1.62 bits per heavy atom. The maximum Gasteiger partial charge on any atom is 0.0584 e. The molecular formula is C10H24ClNO. The molecule has 0 spiro atoms. The van der Waals surface area contributed by atoms with E-state index in [9.17, 15) is 0 Å². The molecule has 0 aliphatic rings. The predicted molar refractivity (Wildman–Crippen MR) is 60.4 cm³/mol. The first-order chi connectivity index (χ1) is 5.56. The van der Waals surface area contributed by atoms with Crippen molar-refractivity contribution in [2.75, 3.05) is 13.2 Å². The van der Waals surface area contributed by atoms with Gasteiger partial charge in [-0.15, -0.1) is 12.4 Å². The summed E-state index contributed by atoms with van der Waals surface area (Å²) >= 11 is 0. The molecule has 0 radical (unpaired) electrons. The molecule has 0 heterocycles. The third-order valence-corrected chi connectivity index (χ3v) is 1.79. The van der Waals surface area contributed by atoms with Crippen LogP contribution in [0.4, 0.5) is 0 Å². The molecule has 1 atom stereocenters. The van der Waals surface area contributed by atoms with Crippen LogP contribution in [0.1, 0.15) is 34.1 Å². The summed E-state index contributed by atoms with van der Waals surface area (Å²) in [6.45, 7) is 9.97. The van der Waals surface area contributed by atoms with E-state index >= 15 is 0 Å². The molecule has 2 N–H and O–H groups in total. The summed E-state index contributed by atoms with van der Waals surface area (Å²) < 4.78 is 0. The van der Waals surface area contributed by atoms with E-state index in [4.69, 9.17) is 5.11 Å². The maximum absolute atomic E-state index is 9.03. The zero-order chi connectivity index (χ0) is 9.56. The van der Waals surface area contributed by atoms with Crippen LogP contribution >= 0.6 is 12.4 Å². The van der Waals surface area contributed by atoms with Gasteiger partial charge in [0.05, 0.1) is 6.61 Å². The predicted octanol–water partition coefficient (Wildman–Crippen LogP) is 2.06. The van der Waals surface area contributed by atoms with Crippen molar-refractivity contribution in [3.05, 3.63) is 0 Å². The summed E-state index contributed by atoms with van der Waals surface area (Å²) in [5.41, 5.74) is 0. The molecule has 2 nitrogen and oxygen atoms in total. The number of rotatable bonds is 6. The highest BCUT2D eigenvalue weighted by Gasteiger charge is 2.08. The molecule has 0 bridgehead atoms. The normalized spacial score (nSPS) is 13.2. The van der Waals surface area contributed by atoms with Gasteiger partial charge >= 0.3 is 0 Å². The van der Waals surface area contributed by atoms with E-state index in [2.05, 4.69) is 33.0 Å². The van der Waals surface area contributed by atoms with Gasteiger partial charge in [-0.25, -0.2) is 0 Å². The molecule has 0 amide bonds. The first kappa shape index (κ1) is 15.7. The molecule has 0 aromatic carbocycles. The second kappa shape index (κ2) is 8.79. The molecule has 0 saturated heterocycles. The minimum Gasteiger partial charge on any atom is -0.395 e. The van der Waals surface area contributed by atoms with Gasteiger partial charge in [-0.2, -0.15) is 0 Å². The van der Waals surface area contributed by atoms with Crippen LogP contribution in [-0.4, -0.2) is 24.3 Å². The monoisotopic (exact) mass is 209 g/mol. The summed E-state index contributed by atoms with van der Waals surface area (Å²) in [6, 6.07) is 0.285. The van der Waals surface area contributed by atoms with Gasteiger partial charge in [0.1, 0.15) is 0 Å². The molecule has 0 unspecified atom stereocenters. The van der Waals surface area contributed by atoms with Crippen LogP contribution in [0.25, 0.3) is 0 Å². The first-order valence-corrected chi connectivity index (χ1v) is 4.90. The van der Waals surface area contributed by atoms with Crippen LogP contribution in [-0.2, 0) is 0 Å². The van der Waals surface area contributed by atoms with E-state index in [1.807, 2.05) is 0 Å². The average Bonchev–Trinajstić information content (AvgIpc) is 1.97. The highest BCUT2D eigenvalue weighted by Crippen LogP contribution is 2.04. The third kappa shape index (κ3) is 10.1. The summed E-state index contributed by atoms with van der Waals surface area (Å²) in [5, 5.41) is 12.4. The van der Waals surface area contributed by atoms with E-state index < -0.39 is 0 Å². The van der Waals surface area contributed by atoms with Gasteiger partial charge in [-0.05, 0) is 24.8 Å². The van der Waals surface area contributed by atoms with Crippen molar-refractivity contribution in [3.63, 3.8) is 0 Å². The molecule has 0 aromatic rings. The van der Waals surface area contributed by atoms with Crippen molar-refractivity contribution < 1.29 is 5.11 Å². The molecule has 0 aliphatic carbocycles. The Hall–Kier alpha value is 0.210. The molecule has 0 rings (SSSR count). The third-order valence-electron chi connectivity index (χ3n) is 1.79. The fraction of sp³-hybridized carbons (Fsp3) is 1.00. The van der Waals surface area contributed by atoms with Crippen molar-refractivity contribution in [1.82, 2.24) is 5.32 Å². The SMILES string of the molecule is CC(C)CN[C@H](CO)CC(C)C.Cl. The number of nitrogens with one attached hydrogen (secondary N) is 1. The van der Waals surface area contributed by atoms with Gasteiger partial charge in [0.25, 0.3) is 0 Å². The number of hydrogen-bond acceptors (Lipinski definition) is 2. The molecule has 0 saturated carbocycles. The fourth-order valence-electron chi connectivity index (χ4n) is 1.19. The smallest absolute Gasteiger partial charge is 0.0584 e. The summed E-state index contributed by atoms with van der Waals surface area (Å²) in [6.07, 6.45) is 1.06. The van der Waals surface area contributed by atoms with Crippen LogP contribution in [0, 0.1) is 11.8 Å². The molecule has 13 heavy (non-hydrogen) atoms. The molecule has 0 aromatic heterocycles. The highest BCUT2D eigenvalue weighted by molar-refractivity contribution is 5.85. The molecule has 0 fully saturated rings. The minimum absolute atomic E-state index is 0. The van der Waals surface area contributed by atoms with E-state index in [0.29, 0.717) is 11.8 Å². The van der Waals surface area contributed by atoms with Crippen molar-refractivity contribution >= 4 is 12.4 Å². The minimum atomic E-state index is 0. The van der Waals surface area contributed by atoms with Gasteiger partial charge in [0.15, 0.2) is 0 Å². The van der Waals surface area contributed by atoms with Crippen LogP contribution in [0.15, 0.2) is 0 Å². The van der Waals surface area contributed by atoms with Gasteiger partial charge in [-0.1, -0.05) is 27.7 Å². The van der Waals surface area contributed by atoms with E-state index in [1.54, 1.807) is 0 Å². The van der Waals surface area contributed by atoms with Crippen LogP contribution < -0.4 is 5.32 Å². The number of aliphatic hydroxyl groups excluding tert-OH is 1. The molecule has 0 aliphatic heterocycles. The Morgan fingerprint density at radius 1 is 1.08 bits per heavy atom. The lowest BCUT2D eigenvalue weighted by molar-refractivity contribution is 0.221. The standard InChI is InChI=1S/C10H23NO.ClH/c1-8(2)5-10(7-12)11-6-9(3)4;/h8-12H,5-7H2,1-4H3;1H/t10-;/m0./s1. The number of aliphatic hydroxyl groups is 1. The maximum atomic E-state index is 9.03. The van der Waals surface area contributed by atoms with Gasteiger partial charge in [0, 0.05) is 6.04 Å². The van der Waals surface area contributed by atoms with Crippen molar-refractivity contribution in [3.8, 4) is 0 Å².